The second kappa shape index (κ2) is 6.23. The number of H-pyrrole nitrogens is 1. The molecule has 0 aliphatic rings. The standard InChI is InChI=1S/C19H23N3O2/c1-12(2)9-19(4,24-13(3)23)10-17-21-16-11-20-15-8-6-5-7-14(15)18(16)22-17/h5-8,11-12H,9-10H2,1-4H3,(H,21,22). The fourth-order valence-electron chi connectivity index (χ4n) is 3.46. The van der Waals surface area contributed by atoms with Gasteiger partial charge in [0.05, 0.1) is 17.2 Å². The van der Waals surface area contributed by atoms with Crippen molar-refractivity contribution in [3.63, 3.8) is 0 Å². The van der Waals surface area contributed by atoms with E-state index in [1.165, 1.54) is 6.92 Å². The summed E-state index contributed by atoms with van der Waals surface area (Å²) in [4.78, 5) is 24.0. The number of imidazole rings is 1. The number of aromatic nitrogens is 3. The third-order valence-electron chi connectivity index (χ3n) is 4.05. The molecule has 5 nitrogen and oxygen atoms in total. The van der Waals surface area contributed by atoms with Gasteiger partial charge in [-0.3, -0.25) is 9.78 Å². The fraction of sp³-hybridized carbons (Fsp3) is 0.421. The van der Waals surface area contributed by atoms with Crippen LogP contribution in [0.4, 0.5) is 0 Å². The van der Waals surface area contributed by atoms with Crippen molar-refractivity contribution in [3.05, 3.63) is 36.3 Å². The van der Waals surface area contributed by atoms with Crippen LogP contribution in [-0.2, 0) is 16.0 Å². The number of rotatable bonds is 5. The highest BCUT2D eigenvalue weighted by Crippen LogP contribution is 2.27. The quantitative estimate of drug-likeness (QED) is 0.719. The lowest BCUT2D eigenvalue weighted by Gasteiger charge is -2.30. The Morgan fingerprint density at radius 2 is 2.04 bits per heavy atom. The van der Waals surface area contributed by atoms with Gasteiger partial charge >= 0.3 is 5.97 Å². The van der Waals surface area contributed by atoms with Gasteiger partial charge in [-0.15, -0.1) is 0 Å². The van der Waals surface area contributed by atoms with E-state index in [0.717, 1.165) is 34.2 Å². The van der Waals surface area contributed by atoms with Crippen LogP contribution in [0.1, 0.15) is 39.9 Å². The van der Waals surface area contributed by atoms with Crippen LogP contribution >= 0.6 is 0 Å². The van der Waals surface area contributed by atoms with E-state index in [4.69, 9.17) is 4.74 Å². The number of carbonyl (C=O) groups excluding carboxylic acids is 1. The first-order chi connectivity index (χ1) is 11.4. The molecule has 3 rings (SSSR count). The Kier molecular flexibility index (Phi) is 4.26. The van der Waals surface area contributed by atoms with Crippen LogP contribution in [0.15, 0.2) is 30.5 Å². The summed E-state index contributed by atoms with van der Waals surface area (Å²) in [5.41, 5.74) is 2.17. The Morgan fingerprint density at radius 1 is 1.29 bits per heavy atom. The fourth-order valence-corrected chi connectivity index (χ4v) is 3.46. The number of hydrogen-bond acceptors (Lipinski definition) is 4. The Balaban J connectivity index is 1.98. The van der Waals surface area contributed by atoms with Crippen molar-refractivity contribution in [3.8, 4) is 0 Å². The summed E-state index contributed by atoms with van der Waals surface area (Å²) in [7, 11) is 0. The summed E-state index contributed by atoms with van der Waals surface area (Å²) < 4.78 is 5.62. The number of hydrogen-bond donors (Lipinski definition) is 1. The molecule has 1 N–H and O–H groups in total. The van der Waals surface area contributed by atoms with Crippen LogP contribution < -0.4 is 0 Å². The lowest BCUT2D eigenvalue weighted by Crippen LogP contribution is -2.35. The smallest absolute Gasteiger partial charge is 0.303 e. The lowest BCUT2D eigenvalue weighted by atomic mass is 9.90. The van der Waals surface area contributed by atoms with E-state index >= 15 is 0 Å². The van der Waals surface area contributed by atoms with Gasteiger partial charge in [0.1, 0.15) is 16.9 Å². The molecule has 0 saturated heterocycles. The number of esters is 1. The summed E-state index contributed by atoms with van der Waals surface area (Å²) in [6.07, 6.45) is 3.11. The SMILES string of the molecule is CC(=O)OC(C)(Cc1nc2cnc3ccccc3c2[nH]1)CC(C)C. The van der Waals surface area contributed by atoms with E-state index in [1.54, 1.807) is 6.20 Å². The number of aromatic amines is 1. The zero-order valence-corrected chi connectivity index (χ0v) is 14.6. The maximum atomic E-state index is 11.5. The molecule has 126 valence electrons. The summed E-state index contributed by atoms with van der Waals surface area (Å²) in [6, 6.07) is 7.98. The Labute approximate surface area is 141 Å². The van der Waals surface area contributed by atoms with Gasteiger partial charge in [0.2, 0.25) is 0 Å². The summed E-state index contributed by atoms with van der Waals surface area (Å²) in [6.45, 7) is 7.67. The summed E-state index contributed by atoms with van der Waals surface area (Å²) >= 11 is 0. The number of nitrogens with one attached hydrogen (secondary N) is 1. The highest BCUT2D eigenvalue weighted by molar-refractivity contribution is 6.01. The minimum absolute atomic E-state index is 0.263. The van der Waals surface area contributed by atoms with Crippen molar-refractivity contribution in [2.75, 3.05) is 0 Å². The van der Waals surface area contributed by atoms with Gasteiger partial charge in [-0.1, -0.05) is 32.0 Å². The normalized spacial score (nSPS) is 14.2. The third kappa shape index (κ3) is 3.40. The molecule has 2 heterocycles. The number of benzene rings is 1. The molecule has 0 bridgehead atoms. The molecular weight excluding hydrogens is 302 g/mol. The maximum absolute atomic E-state index is 11.5. The molecule has 0 spiro atoms. The second-order valence-electron chi connectivity index (χ2n) is 7.04. The van der Waals surface area contributed by atoms with Gasteiger partial charge in [0.25, 0.3) is 0 Å². The molecule has 1 aromatic carbocycles. The van der Waals surface area contributed by atoms with Crippen LogP contribution in [0, 0.1) is 5.92 Å². The Bertz CT molecular complexity index is 885. The van der Waals surface area contributed by atoms with E-state index in [9.17, 15) is 4.79 Å². The third-order valence-corrected chi connectivity index (χ3v) is 4.05. The highest BCUT2D eigenvalue weighted by Gasteiger charge is 2.30. The van der Waals surface area contributed by atoms with Gasteiger partial charge in [-0.05, 0) is 25.3 Å². The number of pyridine rings is 1. The molecule has 0 aliphatic carbocycles. The topological polar surface area (TPSA) is 67.9 Å². The van der Waals surface area contributed by atoms with E-state index < -0.39 is 5.60 Å². The summed E-state index contributed by atoms with van der Waals surface area (Å²) in [5, 5.41) is 1.05. The minimum atomic E-state index is -0.572. The Morgan fingerprint density at radius 3 is 2.75 bits per heavy atom. The minimum Gasteiger partial charge on any atom is -0.459 e. The van der Waals surface area contributed by atoms with Crippen LogP contribution in [0.5, 0.6) is 0 Å². The van der Waals surface area contributed by atoms with Crippen molar-refractivity contribution in [1.82, 2.24) is 15.0 Å². The number of nitrogens with zero attached hydrogens (tertiary/aromatic N) is 2. The molecule has 0 amide bonds. The zero-order valence-electron chi connectivity index (χ0n) is 14.6. The van der Waals surface area contributed by atoms with Crippen molar-refractivity contribution in [1.29, 1.82) is 0 Å². The second-order valence-corrected chi connectivity index (χ2v) is 7.04. The van der Waals surface area contributed by atoms with Crippen LogP contribution in [-0.4, -0.2) is 26.5 Å². The van der Waals surface area contributed by atoms with E-state index in [2.05, 4.69) is 28.8 Å². The van der Waals surface area contributed by atoms with Crippen molar-refractivity contribution >= 4 is 27.9 Å². The van der Waals surface area contributed by atoms with Gasteiger partial charge in [0.15, 0.2) is 0 Å². The van der Waals surface area contributed by atoms with E-state index in [0.29, 0.717) is 12.3 Å². The molecule has 1 unspecified atom stereocenters. The van der Waals surface area contributed by atoms with E-state index in [1.807, 2.05) is 31.2 Å². The number of ether oxygens (including phenoxy) is 1. The molecule has 24 heavy (non-hydrogen) atoms. The highest BCUT2D eigenvalue weighted by atomic mass is 16.6. The van der Waals surface area contributed by atoms with Crippen LogP contribution in [0.2, 0.25) is 0 Å². The zero-order chi connectivity index (χ0) is 17.3. The van der Waals surface area contributed by atoms with E-state index in [-0.39, 0.29) is 5.97 Å². The first-order valence-corrected chi connectivity index (χ1v) is 8.28. The van der Waals surface area contributed by atoms with Crippen LogP contribution in [0.25, 0.3) is 21.9 Å². The first-order valence-electron chi connectivity index (χ1n) is 8.28. The average molecular weight is 325 g/mol. The predicted molar refractivity (Wildman–Crippen MR) is 94.7 cm³/mol. The molecule has 5 heteroatoms. The van der Waals surface area contributed by atoms with Crippen molar-refractivity contribution < 1.29 is 9.53 Å². The molecule has 1 atom stereocenters. The van der Waals surface area contributed by atoms with Crippen molar-refractivity contribution in [2.24, 2.45) is 5.92 Å². The number of fused-ring (bicyclic) bond motifs is 3. The number of carbonyl (C=O) groups is 1. The molecule has 0 saturated carbocycles. The van der Waals surface area contributed by atoms with Gasteiger partial charge in [-0.25, -0.2) is 4.98 Å². The van der Waals surface area contributed by atoms with Gasteiger partial charge in [-0.2, -0.15) is 0 Å². The number of para-hydroxylation sites is 1. The molecule has 2 aromatic heterocycles. The molecule has 0 radical (unpaired) electrons. The van der Waals surface area contributed by atoms with Gasteiger partial charge < -0.3 is 9.72 Å². The monoisotopic (exact) mass is 325 g/mol. The largest absolute Gasteiger partial charge is 0.459 e. The predicted octanol–water partition coefficient (Wildman–Crippen LogP) is 4.02. The average Bonchev–Trinajstić information content (AvgIpc) is 2.87. The van der Waals surface area contributed by atoms with Gasteiger partial charge in [0, 0.05) is 18.7 Å². The Hall–Kier alpha value is -2.43. The van der Waals surface area contributed by atoms with Crippen LogP contribution in [0.3, 0.4) is 0 Å². The molecule has 0 aliphatic heterocycles. The molecule has 0 fully saturated rings. The maximum Gasteiger partial charge on any atom is 0.303 e. The first kappa shape index (κ1) is 16.4. The molecular formula is C19H23N3O2. The summed E-state index contributed by atoms with van der Waals surface area (Å²) in [5.74, 6) is 0.968. The lowest BCUT2D eigenvalue weighted by molar-refractivity contribution is -0.156. The molecule has 3 aromatic rings. The van der Waals surface area contributed by atoms with Crippen molar-refractivity contribution in [2.45, 2.75) is 46.1 Å².